The second-order valence-corrected chi connectivity index (χ2v) is 6.39. The zero-order chi connectivity index (χ0) is 18.4. The van der Waals surface area contributed by atoms with Gasteiger partial charge in [-0.1, -0.05) is 18.2 Å². The van der Waals surface area contributed by atoms with Crippen LogP contribution in [0.1, 0.15) is 12.0 Å². The molecular weight excluding hydrogens is 328 g/mol. The molecule has 0 aliphatic carbocycles. The summed E-state index contributed by atoms with van der Waals surface area (Å²) in [6, 6.07) is 7.87. The van der Waals surface area contributed by atoms with Crippen LogP contribution in [0.15, 0.2) is 42.7 Å². The quantitative estimate of drug-likeness (QED) is 0.622. The van der Waals surface area contributed by atoms with E-state index in [4.69, 9.17) is 4.98 Å². The van der Waals surface area contributed by atoms with Crippen LogP contribution in [0.4, 0.5) is 5.82 Å². The van der Waals surface area contributed by atoms with Gasteiger partial charge in [-0.05, 0) is 37.7 Å². The Hall–Kier alpha value is -2.73. The number of carbonyl (C=O) groups excluding carboxylic acids is 1. The van der Waals surface area contributed by atoms with Crippen LogP contribution in [0.25, 0.3) is 17.3 Å². The minimum atomic E-state index is -0.372. The predicted octanol–water partition coefficient (Wildman–Crippen LogP) is 2.47. The second-order valence-electron chi connectivity index (χ2n) is 6.39. The summed E-state index contributed by atoms with van der Waals surface area (Å²) < 4.78 is 4.63. The SMILES string of the molecule is COC(=O)C=Cc1cccc(-c2cncc(N3CCCN(C)CC3)n2)c1. The van der Waals surface area contributed by atoms with Gasteiger partial charge >= 0.3 is 5.97 Å². The fourth-order valence-corrected chi connectivity index (χ4v) is 2.96. The lowest BCUT2D eigenvalue weighted by atomic mass is 10.1. The van der Waals surface area contributed by atoms with Crippen molar-refractivity contribution in [1.82, 2.24) is 14.9 Å². The van der Waals surface area contributed by atoms with Crippen LogP contribution in [0.3, 0.4) is 0 Å². The highest BCUT2D eigenvalue weighted by Crippen LogP contribution is 2.21. The van der Waals surface area contributed by atoms with Crippen LogP contribution < -0.4 is 4.90 Å². The number of benzene rings is 1. The minimum absolute atomic E-state index is 0.372. The van der Waals surface area contributed by atoms with E-state index >= 15 is 0 Å². The van der Waals surface area contributed by atoms with E-state index in [9.17, 15) is 4.79 Å². The van der Waals surface area contributed by atoms with E-state index in [1.807, 2.05) is 30.5 Å². The van der Waals surface area contributed by atoms with Crippen molar-refractivity contribution in [1.29, 1.82) is 0 Å². The lowest BCUT2D eigenvalue weighted by molar-refractivity contribution is -0.134. The number of rotatable bonds is 4. The Kier molecular flexibility index (Phi) is 5.96. The van der Waals surface area contributed by atoms with Gasteiger partial charge in [0.05, 0.1) is 25.2 Å². The molecule has 0 atom stereocenters. The summed E-state index contributed by atoms with van der Waals surface area (Å²) >= 11 is 0. The summed E-state index contributed by atoms with van der Waals surface area (Å²) in [7, 11) is 3.52. The van der Waals surface area contributed by atoms with Crippen molar-refractivity contribution in [3.63, 3.8) is 0 Å². The standard InChI is InChI=1S/C20H24N4O2/c1-23-9-4-10-24(12-11-23)19-15-21-14-18(22-19)17-6-3-5-16(13-17)7-8-20(25)26-2/h3,5-8,13-15H,4,9-12H2,1-2H3. The molecule has 0 spiro atoms. The highest BCUT2D eigenvalue weighted by molar-refractivity contribution is 5.87. The number of nitrogens with zero attached hydrogens (tertiary/aromatic N) is 4. The first-order chi connectivity index (χ1) is 12.7. The zero-order valence-electron chi connectivity index (χ0n) is 15.3. The molecule has 1 saturated heterocycles. The van der Waals surface area contributed by atoms with E-state index in [0.29, 0.717) is 0 Å². The molecule has 1 fully saturated rings. The molecule has 0 saturated carbocycles. The molecule has 0 N–H and O–H groups in total. The van der Waals surface area contributed by atoms with Crippen LogP contribution >= 0.6 is 0 Å². The van der Waals surface area contributed by atoms with Gasteiger partial charge in [0, 0.05) is 31.3 Å². The zero-order valence-corrected chi connectivity index (χ0v) is 15.3. The smallest absolute Gasteiger partial charge is 0.330 e. The van der Waals surface area contributed by atoms with Gasteiger partial charge in [0.15, 0.2) is 0 Å². The molecule has 3 rings (SSSR count). The number of hydrogen-bond donors (Lipinski definition) is 0. The number of esters is 1. The second kappa shape index (κ2) is 8.58. The third-order valence-electron chi connectivity index (χ3n) is 4.46. The number of aromatic nitrogens is 2. The molecule has 6 nitrogen and oxygen atoms in total. The van der Waals surface area contributed by atoms with Gasteiger partial charge in [-0.15, -0.1) is 0 Å². The molecule has 136 valence electrons. The third kappa shape index (κ3) is 4.67. The molecule has 0 unspecified atom stereocenters. The molecule has 26 heavy (non-hydrogen) atoms. The summed E-state index contributed by atoms with van der Waals surface area (Å²) in [4.78, 5) is 25.1. The Bertz CT molecular complexity index is 791. The highest BCUT2D eigenvalue weighted by atomic mass is 16.5. The summed E-state index contributed by atoms with van der Waals surface area (Å²) in [5.74, 6) is 0.539. The average Bonchev–Trinajstić information content (AvgIpc) is 2.91. The van der Waals surface area contributed by atoms with Gasteiger partial charge in [0.2, 0.25) is 0 Å². The molecule has 1 aliphatic rings. The molecule has 1 aliphatic heterocycles. The van der Waals surface area contributed by atoms with Gasteiger partial charge in [0.1, 0.15) is 5.82 Å². The summed E-state index contributed by atoms with van der Waals surface area (Å²) in [6.45, 7) is 4.08. The average molecular weight is 352 g/mol. The lowest BCUT2D eigenvalue weighted by Crippen LogP contribution is -2.29. The number of likely N-dealkylation sites (N-methyl/N-ethyl adjacent to an activating group) is 1. The molecule has 0 amide bonds. The molecule has 2 heterocycles. The molecule has 1 aromatic carbocycles. The maximum atomic E-state index is 11.3. The van der Waals surface area contributed by atoms with Gasteiger partial charge < -0.3 is 14.5 Å². The van der Waals surface area contributed by atoms with Crippen LogP contribution in [0, 0.1) is 0 Å². The first kappa shape index (κ1) is 18.1. The van der Waals surface area contributed by atoms with Crippen LogP contribution in [0.5, 0.6) is 0 Å². The molecule has 1 aromatic heterocycles. The number of carbonyl (C=O) groups is 1. The Labute approximate surface area is 154 Å². The van der Waals surface area contributed by atoms with E-state index in [1.165, 1.54) is 13.2 Å². The predicted molar refractivity (Wildman–Crippen MR) is 103 cm³/mol. The van der Waals surface area contributed by atoms with Crippen LogP contribution in [0.2, 0.25) is 0 Å². The van der Waals surface area contributed by atoms with E-state index in [0.717, 1.165) is 55.2 Å². The highest BCUT2D eigenvalue weighted by Gasteiger charge is 2.14. The van der Waals surface area contributed by atoms with Crippen molar-refractivity contribution >= 4 is 17.9 Å². The maximum Gasteiger partial charge on any atom is 0.330 e. The number of anilines is 1. The van der Waals surface area contributed by atoms with Crippen molar-refractivity contribution in [3.8, 4) is 11.3 Å². The van der Waals surface area contributed by atoms with Crippen molar-refractivity contribution in [2.75, 3.05) is 45.2 Å². The molecule has 6 heteroatoms. The van der Waals surface area contributed by atoms with Gasteiger partial charge in [-0.25, -0.2) is 9.78 Å². The minimum Gasteiger partial charge on any atom is -0.466 e. The van der Waals surface area contributed by atoms with Crippen molar-refractivity contribution in [3.05, 3.63) is 48.3 Å². The van der Waals surface area contributed by atoms with Crippen molar-refractivity contribution in [2.24, 2.45) is 0 Å². The van der Waals surface area contributed by atoms with Gasteiger partial charge in [-0.3, -0.25) is 4.98 Å². The molecule has 0 radical (unpaired) electrons. The van der Waals surface area contributed by atoms with E-state index in [1.54, 1.807) is 12.3 Å². The van der Waals surface area contributed by atoms with Gasteiger partial charge in [0.25, 0.3) is 0 Å². The fourth-order valence-electron chi connectivity index (χ4n) is 2.96. The summed E-state index contributed by atoms with van der Waals surface area (Å²) in [5.41, 5.74) is 2.71. The Morgan fingerprint density at radius 2 is 2.08 bits per heavy atom. The topological polar surface area (TPSA) is 58.6 Å². The maximum absolute atomic E-state index is 11.3. The van der Waals surface area contributed by atoms with Crippen molar-refractivity contribution in [2.45, 2.75) is 6.42 Å². The Morgan fingerprint density at radius 3 is 2.92 bits per heavy atom. The van der Waals surface area contributed by atoms with E-state index in [-0.39, 0.29) is 5.97 Å². The third-order valence-corrected chi connectivity index (χ3v) is 4.46. The normalized spacial score (nSPS) is 15.8. The number of methoxy groups -OCH3 is 1. The fraction of sp³-hybridized carbons (Fsp3) is 0.350. The lowest BCUT2D eigenvalue weighted by Gasteiger charge is -2.21. The molecule has 2 aromatic rings. The van der Waals surface area contributed by atoms with E-state index < -0.39 is 0 Å². The van der Waals surface area contributed by atoms with Crippen LogP contribution in [-0.4, -0.2) is 61.2 Å². The van der Waals surface area contributed by atoms with Crippen LogP contribution in [-0.2, 0) is 9.53 Å². The molecular formula is C20H24N4O2. The molecule has 0 bridgehead atoms. The number of ether oxygens (including phenoxy) is 1. The van der Waals surface area contributed by atoms with E-state index in [2.05, 4.69) is 26.6 Å². The first-order valence-electron chi connectivity index (χ1n) is 8.78. The first-order valence-corrected chi connectivity index (χ1v) is 8.78. The van der Waals surface area contributed by atoms with Gasteiger partial charge in [-0.2, -0.15) is 0 Å². The monoisotopic (exact) mass is 352 g/mol. The summed E-state index contributed by atoms with van der Waals surface area (Å²) in [6.07, 6.45) is 7.87. The Balaban J connectivity index is 1.81. The summed E-state index contributed by atoms with van der Waals surface area (Å²) in [5, 5.41) is 0. The Morgan fingerprint density at radius 1 is 1.19 bits per heavy atom. The number of hydrogen-bond acceptors (Lipinski definition) is 6. The van der Waals surface area contributed by atoms with Crippen molar-refractivity contribution < 1.29 is 9.53 Å². The largest absolute Gasteiger partial charge is 0.466 e.